The van der Waals surface area contributed by atoms with E-state index in [1.54, 1.807) is 38.1 Å². The number of anilines is 1. The Kier molecular flexibility index (Phi) is 5.30. The summed E-state index contributed by atoms with van der Waals surface area (Å²) in [7, 11) is 0. The minimum absolute atomic E-state index is 0.119. The molecule has 2 heterocycles. The van der Waals surface area contributed by atoms with E-state index in [2.05, 4.69) is 15.5 Å². The van der Waals surface area contributed by atoms with Crippen LogP contribution in [0.5, 0.6) is 5.75 Å². The molecule has 2 aromatic heterocycles. The number of rotatable bonds is 6. The molecule has 146 valence electrons. The number of aliphatic carboxylic acids is 1. The van der Waals surface area contributed by atoms with E-state index in [9.17, 15) is 9.59 Å². The van der Waals surface area contributed by atoms with Crippen LogP contribution in [0.15, 0.2) is 28.8 Å². The lowest BCUT2D eigenvalue weighted by atomic mass is 10.0. The number of hydrogen-bond acceptors (Lipinski definition) is 6. The van der Waals surface area contributed by atoms with Crippen molar-refractivity contribution in [3.05, 3.63) is 46.8 Å². The third-order valence-electron chi connectivity index (χ3n) is 4.28. The predicted molar refractivity (Wildman–Crippen MR) is 103 cm³/mol. The zero-order valence-electron chi connectivity index (χ0n) is 16.1. The molecule has 1 aromatic carbocycles. The van der Waals surface area contributed by atoms with Gasteiger partial charge in [0.1, 0.15) is 5.75 Å². The van der Waals surface area contributed by atoms with Gasteiger partial charge in [-0.15, -0.1) is 0 Å². The van der Waals surface area contributed by atoms with Gasteiger partial charge in [0.05, 0.1) is 16.6 Å². The normalized spacial score (nSPS) is 11.0. The molecule has 0 atom stereocenters. The average Bonchev–Trinajstić information content (AvgIpc) is 3.02. The third kappa shape index (κ3) is 3.95. The van der Waals surface area contributed by atoms with E-state index in [0.717, 1.165) is 11.3 Å². The maximum atomic E-state index is 13.0. The number of aryl methyl sites for hydroxylation is 2. The number of hydrogen-bond donors (Lipinski definition) is 2. The number of carboxylic acid groups (broad SMARTS) is 1. The highest BCUT2D eigenvalue weighted by Crippen LogP contribution is 2.27. The number of benzene rings is 1. The first-order chi connectivity index (χ1) is 13.3. The SMILES string of the molecule is Cc1cc(OCC(=O)O)ccc1NC(=O)c1cc(C(C)C)nc2onc(C)c12. The van der Waals surface area contributed by atoms with Gasteiger partial charge in [-0.1, -0.05) is 19.0 Å². The Morgan fingerprint density at radius 1 is 1.25 bits per heavy atom. The molecule has 0 radical (unpaired) electrons. The van der Waals surface area contributed by atoms with E-state index < -0.39 is 12.6 Å². The smallest absolute Gasteiger partial charge is 0.341 e. The Balaban J connectivity index is 1.91. The number of pyridine rings is 1. The van der Waals surface area contributed by atoms with Crippen molar-refractivity contribution in [2.75, 3.05) is 11.9 Å². The molecule has 0 aliphatic carbocycles. The molecule has 0 aliphatic heterocycles. The topological polar surface area (TPSA) is 115 Å². The summed E-state index contributed by atoms with van der Waals surface area (Å²) < 4.78 is 10.4. The van der Waals surface area contributed by atoms with Gasteiger partial charge in [-0.3, -0.25) is 4.79 Å². The Morgan fingerprint density at radius 3 is 2.64 bits per heavy atom. The van der Waals surface area contributed by atoms with Crippen LogP contribution in [-0.2, 0) is 4.79 Å². The number of carbonyl (C=O) groups excluding carboxylic acids is 1. The van der Waals surface area contributed by atoms with Crippen LogP contribution >= 0.6 is 0 Å². The van der Waals surface area contributed by atoms with Crippen molar-refractivity contribution < 1.29 is 24.0 Å². The molecule has 0 bridgehead atoms. The van der Waals surface area contributed by atoms with Crippen molar-refractivity contribution in [3.63, 3.8) is 0 Å². The zero-order chi connectivity index (χ0) is 20.4. The number of nitrogens with one attached hydrogen (secondary N) is 1. The summed E-state index contributed by atoms with van der Waals surface area (Å²) >= 11 is 0. The quantitative estimate of drug-likeness (QED) is 0.667. The van der Waals surface area contributed by atoms with Crippen LogP contribution in [0.1, 0.15) is 47.1 Å². The lowest BCUT2D eigenvalue weighted by Gasteiger charge is -2.12. The van der Waals surface area contributed by atoms with Gasteiger partial charge in [-0.2, -0.15) is 0 Å². The van der Waals surface area contributed by atoms with Crippen molar-refractivity contribution >= 4 is 28.7 Å². The van der Waals surface area contributed by atoms with Gasteiger partial charge in [0, 0.05) is 11.4 Å². The second-order valence-electron chi connectivity index (χ2n) is 6.81. The van der Waals surface area contributed by atoms with Crippen molar-refractivity contribution in [2.24, 2.45) is 0 Å². The lowest BCUT2D eigenvalue weighted by molar-refractivity contribution is -0.139. The van der Waals surface area contributed by atoms with E-state index in [-0.39, 0.29) is 11.8 Å². The molecule has 3 aromatic rings. The number of carbonyl (C=O) groups is 2. The first-order valence-corrected chi connectivity index (χ1v) is 8.79. The van der Waals surface area contributed by atoms with Crippen LogP contribution in [0, 0.1) is 13.8 Å². The average molecular weight is 383 g/mol. The highest BCUT2D eigenvalue weighted by atomic mass is 16.5. The first-order valence-electron chi connectivity index (χ1n) is 8.79. The standard InChI is InChI=1S/C20H21N3O5/c1-10(2)16-8-14(18-12(4)23-28-20(18)22-16)19(26)21-15-6-5-13(7-11(15)3)27-9-17(24)25/h5-8,10H,9H2,1-4H3,(H,21,26)(H,24,25). The maximum absolute atomic E-state index is 13.0. The van der Waals surface area contributed by atoms with E-state index >= 15 is 0 Å². The zero-order valence-corrected chi connectivity index (χ0v) is 16.1. The lowest BCUT2D eigenvalue weighted by Crippen LogP contribution is -2.15. The van der Waals surface area contributed by atoms with Crippen LogP contribution < -0.4 is 10.1 Å². The van der Waals surface area contributed by atoms with Crippen LogP contribution in [0.2, 0.25) is 0 Å². The molecule has 1 amide bonds. The molecule has 0 saturated carbocycles. The first kappa shape index (κ1) is 19.3. The van der Waals surface area contributed by atoms with E-state index in [0.29, 0.717) is 33.8 Å². The molecule has 3 rings (SSSR count). The monoisotopic (exact) mass is 383 g/mol. The molecule has 0 spiro atoms. The minimum atomic E-state index is -1.05. The molecule has 8 nitrogen and oxygen atoms in total. The molecule has 0 unspecified atom stereocenters. The van der Waals surface area contributed by atoms with Crippen molar-refractivity contribution in [1.82, 2.24) is 10.1 Å². The number of ether oxygens (including phenoxy) is 1. The maximum Gasteiger partial charge on any atom is 0.341 e. The largest absolute Gasteiger partial charge is 0.482 e. The van der Waals surface area contributed by atoms with Gasteiger partial charge < -0.3 is 19.7 Å². The second-order valence-corrected chi connectivity index (χ2v) is 6.81. The van der Waals surface area contributed by atoms with Crippen molar-refractivity contribution in [3.8, 4) is 5.75 Å². The highest BCUT2D eigenvalue weighted by molar-refractivity contribution is 6.12. The Morgan fingerprint density at radius 2 is 2.00 bits per heavy atom. The molecule has 0 saturated heterocycles. The molecule has 0 fully saturated rings. The van der Waals surface area contributed by atoms with Gasteiger partial charge in [0.2, 0.25) is 0 Å². The highest BCUT2D eigenvalue weighted by Gasteiger charge is 2.20. The number of nitrogens with zero attached hydrogens (tertiary/aromatic N) is 2. The fraction of sp³-hybridized carbons (Fsp3) is 0.300. The summed E-state index contributed by atoms with van der Waals surface area (Å²) in [6.07, 6.45) is 0. The van der Waals surface area contributed by atoms with Gasteiger partial charge in [-0.25, -0.2) is 9.78 Å². The molecule has 2 N–H and O–H groups in total. The Hall–Kier alpha value is -3.42. The van der Waals surface area contributed by atoms with Gasteiger partial charge in [0.25, 0.3) is 11.6 Å². The molecule has 8 heteroatoms. The molecule has 0 aliphatic rings. The predicted octanol–water partition coefficient (Wildman–Crippen LogP) is 3.68. The van der Waals surface area contributed by atoms with Gasteiger partial charge >= 0.3 is 5.97 Å². The minimum Gasteiger partial charge on any atom is -0.482 e. The third-order valence-corrected chi connectivity index (χ3v) is 4.28. The molecular weight excluding hydrogens is 362 g/mol. The number of aromatic nitrogens is 2. The Bertz CT molecular complexity index is 1060. The summed E-state index contributed by atoms with van der Waals surface area (Å²) in [6.45, 7) is 7.11. The number of carboxylic acids is 1. The number of fused-ring (bicyclic) bond motifs is 1. The summed E-state index contributed by atoms with van der Waals surface area (Å²) in [5.74, 6) is -0.820. The fourth-order valence-corrected chi connectivity index (χ4v) is 2.79. The van der Waals surface area contributed by atoms with Crippen LogP contribution in [0.3, 0.4) is 0 Å². The van der Waals surface area contributed by atoms with Gasteiger partial charge in [-0.05, 0) is 49.6 Å². The fourth-order valence-electron chi connectivity index (χ4n) is 2.79. The molecule has 28 heavy (non-hydrogen) atoms. The van der Waals surface area contributed by atoms with Crippen LogP contribution in [0.4, 0.5) is 5.69 Å². The molecular formula is C20H21N3O5. The summed E-state index contributed by atoms with van der Waals surface area (Å²) in [5, 5.41) is 16.1. The Labute approximate surface area is 161 Å². The van der Waals surface area contributed by atoms with Crippen molar-refractivity contribution in [1.29, 1.82) is 0 Å². The second kappa shape index (κ2) is 7.67. The van der Waals surface area contributed by atoms with Crippen molar-refractivity contribution in [2.45, 2.75) is 33.6 Å². The van der Waals surface area contributed by atoms with E-state index in [1.165, 1.54) is 0 Å². The van der Waals surface area contributed by atoms with Crippen LogP contribution in [-0.4, -0.2) is 33.7 Å². The number of amides is 1. The summed E-state index contributed by atoms with van der Waals surface area (Å²) in [6, 6.07) is 6.71. The van der Waals surface area contributed by atoms with Gasteiger partial charge in [0.15, 0.2) is 6.61 Å². The van der Waals surface area contributed by atoms with E-state index in [1.807, 2.05) is 13.8 Å². The van der Waals surface area contributed by atoms with E-state index in [4.69, 9.17) is 14.4 Å². The summed E-state index contributed by atoms with van der Waals surface area (Å²) in [5.41, 5.74) is 3.45. The van der Waals surface area contributed by atoms with Crippen LogP contribution in [0.25, 0.3) is 11.1 Å². The summed E-state index contributed by atoms with van der Waals surface area (Å²) in [4.78, 5) is 28.0.